The molecule has 0 aliphatic carbocycles. The molecule has 1 aromatic carbocycles. The number of rotatable bonds is 7. The number of methoxy groups -OCH3 is 1. The normalized spacial score (nSPS) is 10.2. The van der Waals surface area contributed by atoms with Crippen LogP contribution in [-0.4, -0.2) is 27.6 Å². The van der Waals surface area contributed by atoms with Gasteiger partial charge in [-0.25, -0.2) is 0 Å². The SMILES string of the molecule is C=CCSc1nnc(-c2cccc(OC)c2)n1CC=C. The molecule has 0 saturated heterocycles. The van der Waals surface area contributed by atoms with Crippen LogP contribution in [0.3, 0.4) is 0 Å². The number of ether oxygens (including phenoxy) is 1. The highest BCUT2D eigenvalue weighted by molar-refractivity contribution is 7.99. The van der Waals surface area contributed by atoms with Gasteiger partial charge in [-0.2, -0.15) is 0 Å². The third-order valence-corrected chi connectivity index (χ3v) is 3.65. The molecule has 4 nitrogen and oxygen atoms in total. The van der Waals surface area contributed by atoms with E-state index in [1.807, 2.05) is 41.0 Å². The van der Waals surface area contributed by atoms with Crippen LogP contribution in [0.4, 0.5) is 0 Å². The molecule has 0 unspecified atom stereocenters. The third kappa shape index (κ3) is 3.11. The number of hydrogen-bond donors (Lipinski definition) is 0. The van der Waals surface area contributed by atoms with Crippen molar-refractivity contribution in [2.24, 2.45) is 0 Å². The predicted octanol–water partition coefficient (Wildman–Crippen LogP) is 3.42. The first-order valence-electron chi connectivity index (χ1n) is 6.22. The zero-order chi connectivity index (χ0) is 14.4. The fraction of sp³-hybridized carbons (Fsp3) is 0.200. The average Bonchev–Trinajstić information content (AvgIpc) is 2.88. The maximum atomic E-state index is 5.25. The van der Waals surface area contributed by atoms with Gasteiger partial charge in [0.2, 0.25) is 0 Å². The second kappa shape index (κ2) is 6.96. The van der Waals surface area contributed by atoms with Crippen LogP contribution in [0.1, 0.15) is 0 Å². The molecule has 0 spiro atoms. The van der Waals surface area contributed by atoms with Gasteiger partial charge in [-0.1, -0.05) is 36.0 Å². The summed E-state index contributed by atoms with van der Waals surface area (Å²) >= 11 is 1.60. The molecule has 2 rings (SSSR count). The first-order chi connectivity index (χ1) is 9.80. The Labute approximate surface area is 123 Å². The van der Waals surface area contributed by atoms with E-state index in [-0.39, 0.29) is 0 Å². The Bertz CT molecular complexity index is 607. The largest absolute Gasteiger partial charge is 0.497 e. The molecule has 0 radical (unpaired) electrons. The van der Waals surface area contributed by atoms with E-state index in [0.717, 1.165) is 28.0 Å². The van der Waals surface area contributed by atoms with Crippen LogP contribution in [-0.2, 0) is 6.54 Å². The zero-order valence-corrected chi connectivity index (χ0v) is 12.3. The monoisotopic (exact) mass is 287 g/mol. The molecule has 0 bridgehead atoms. The van der Waals surface area contributed by atoms with Crippen LogP contribution in [0, 0.1) is 0 Å². The maximum absolute atomic E-state index is 5.25. The summed E-state index contributed by atoms with van der Waals surface area (Å²) in [6.07, 6.45) is 3.69. The second-order valence-electron chi connectivity index (χ2n) is 4.04. The van der Waals surface area contributed by atoms with Crippen LogP contribution in [0.2, 0.25) is 0 Å². The van der Waals surface area contributed by atoms with Crippen molar-refractivity contribution in [1.82, 2.24) is 14.8 Å². The summed E-state index contributed by atoms with van der Waals surface area (Å²) in [4.78, 5) is 0. The maximum Gasteiger partial charge on any atom is 0.192 e. The van der Waals surface area contributed by atoms with Crippen LogP contribution in [0.25, 0.3) is 11.4 Å². The van der Waals surface area contributed by atoms with Crippen molar-refractivity contribution in [3.8, 4) is 17.1 Å². The highest BCUT2D eigenvalue weighted by atomic mass is 32.2. The van der Waals surface area contributed by atoms with Crippen molar-refractivity contribution in [3.05, 3.63) is 49.6 Å². The van der Waals surface area contributed by atoms with Gasteiger partial charge >= 0.3 is 0 Å². The van der Waals surface area contributed by atoms with Crippen molar-refractivity contribution in [2.75, 3.05) is 12.9 Å². The van der Waals surface area contributed by atoms with Crippen molar-refractivity contribution >= 4 is 11.8 Å². The molecule has 0 saturated carbocycles. The summed E-state index contributed by atoms with van der Waals surface area (Å²) in [5.41, 5.74) is 0.976. The van der Waals surface area contributed by atoms with E-state index in [1.54, 1.807) is 18.9 Å². The van der Waals surface area contributed by atoms with E-state index >= 15 is 0 Å². The van der Waals surface area contributed by atoms with Gasteiger partial charge in [0.1, 0.15) is 5.75 Å². The van der Waals surface area contributed by atoms with Gasteiger partial charge in [0.05, 0.1) is 7.11 Å². The Morgan fingerprint density at radius 1 is 1.30 bits per heavy atom. The fourth-order valence-electron chi connectivity index (χ4n) is 1.80. The van der Waals surface area contributed by atoms with E-state index in [9.17, 15) is 0 Å². The minimum Gasteiger partial charge on any atom is -0.497 e. The summed E-state index contributed by atoms with van der Waals surface area (Å²) in [5, 5.41) is 9.40. The molecule has 0 aliphatic heterocycles. The number of nitrogens with zero attached hydrogens (tertiary/aromatic N) is 3. The van der Waals surface area contributed by atoms with Crippen LogP contribution in [0.5, 0.6) is 5.75 Å². The summed E-state index contributed by atoms with van der Waals surface area (Å²) < 4.78 is 7.29. The van der Waals surface area contributed by atoms with Crippen molar-refractivity contribution in [1.29, 1.82) is 0 Å². The predicted molar refractivity (Wildman–Crippen MR) is 83.1 cm³/mol. The molecule has 1 aromatic heterocycles. The van der Waals surface area contributed by atoms with E-state index in [2.05, 4.69) is 23.4 Å². The van der Waals surface area contributed by atoms with Gasteiger partial charge < -0.3 is 4.74 Å². The Hall–Kier alpha value is -2.01. The van der Waals surface area contributed by atoms with E-state index < -0.39 is 0 Å². The van der Waals surface area contributed by atoms with Gasteiger partial charge in [-0.15, -0.1) is 23.4 Å². The third-order valence-electron chi connectivity index (χ3n) is 2.69. The zero-order valence-electron chi connectivity index (χ0n) is 11.5. The van der Waals surface area contributed by atoms with Crippen molar-refractivity contribution in [3.63, 3.8) is 0 Å². The highest BCUT2D eigenvalue weighted by Gasteiger charge is 2.13. The lowest BCUT2D eigenvalue weighted by molar-refractivity contribution is 0.415. The smallest absolute Gasteiger partial charge is 0.192 e. The Balaban J connectivity index is 2.41. The van der Waals surface area contributed by atoms with Crippen LogP contribution >= 0.6 is 11.8 Å². The molecule has 0 atom stereocenters. The Kier molecular flexibility index (Phi) is 5.01. The Morgan fingerprint density at radius 2 is 2.15 bits per heavy atom. The number of hydrogen-bond acceptors (Lipinski definition) is 4. The first kappa shape index (κ1) is 14.4. The van der Waals surface area contributed by atoms with Crippen molar-refractivity contribution in [2.45, 2.75) is 11.7 Å². The van der Waals surface area contributed by atoms with Gasteiger partial charge in [0.15, 0.2) is 11.0 Å². The molecular formula is C15H17N3OS. The molecule has 2 aromatic rings. The summed E-state index contributed by atoms with van der Waals surface area (Å²) in [5.74, 6) is 2.42. The number of allylic oxidation sites excluding steroid dienone is 1. The molecule has 20 heavy (non-hydrogen) atoms. The Morgan fingerprint density at radius 3 is 2.85 bits per heavy atom. The number of thioether (sulfide) groups is 1. The topological polar surface area (TPSA) is 39.9 Å². The van der Waals surface area contributed by atoms with Crippen molar-refractivity contribution < 1.29 is 4.74 Å². The lowest BCUT2D eigenvalue weighted by atomic mass is 10.2. The first-order valence-corrected chi connectivity index (χ1v) is 7.21. The minimum absolute atomic E-state index is 0.666. The molecule has 0 N–H and O–H groups in total. The van der Waals surface area contributed by atoms with E-state index in [4.69, 9.17) is 4.74 Å². The van der Waals surface area contributed by atoms with E-state index in [1.165, 1.54) is 0 Å². The summed E-state index contributed by atoms with van der Waals surface area (Å²) in [6.45, 7) is 8.18. The molecule has 5 heteroatoms. The number of benzene rings is 1. The van der Waals surface area contributed by atoms with Gasteiger partial charge in [0, 0.05) is 17.9 Å². The second-order valence-corrected chi connectivity index (χ2v) is 5.02. The average molecular weight is 287 g/mol. The van der Waals surface area contributed by atoms with Gasteiger partial charge in [-0.05, 0) is 12.1 Å². The van der Waals surface area contributed by atoms with Gasteiger partial charge in [-0.3, -0.25) is 4.57 Å². The van der Waals surface area contributed by atoms with Crippen LogP contribution in [0.15, 0.2) is 54.7 Å². The van der Waals surface area contributed by atoms with E-state index in [0.29, 0.717) is 6.54 Å². The fourth-order valence-corrected chi connectivity index (χ4v) is 2.48. The summed E-state index contributed by atoms with van der Waals surface area (Å²) in [6, 6.07) is 7.79. The molecule has 104 valence electrons. The minimum atomic E-state index is 0.666. The molecule has 1 heterocycles. The van der Waals surface area contributed by atoms with Gasteiger partial charge in [0.25, 0.3) is 0 Å². The molecule has 0 aliphatic rings. The lowest BCUT2D eigenvalue weighted by Crippen LogP contribution is -2.00. The number of aromatic nitrogens is 3. The standard InChI is InChI=1S/C15H17N3OS/c1-4-9-18-14(16-17-15(18)20-10-5-2)12-7-6-8-13(11-12)19-3/h4-8,11H,1-2,9-10H2,3H3. The molecular weight excluding hydrogens is 270 g/mol. The molecule has 0 fully saturated rings. The molecule has 0 amide bonds. The quantitative estimate of drug-likeness (QED) is 0.578. The highest BCUT2D eigenvalue weighted by Crippen LogP contribution is 2.26. The van der Waals surface area contributed by atoms with Crippen LogP contribution < -0.4 is 4.74 Å². The summed E-state index contributed by atoms with van der Waals surface area (Å²) in [7, 11) is 1.65. The lowest BCUT2D eigenvalue weighted by Gasteiger charge is -2.08.